The van der Waals surface area contributed by atoms with E-state index in [0.29, 0.717) is 6.21 Å². The van der Waals surface area contributed by atoms with Crippen molar-refractivity contribution in [2.45, 2.75) is 45.5 Å². The zero-order valence-corrected chi connectivity index (χ0v) is 11.0. The topological polar surface area (TPSA) is 120 Å². The Kier molecular flexibility index (Phi) is 4.28. The minimum Gasteiger partial charge on any atom is -0.461 e. The van der Waals surface area contributed by atoms with Crippen molar-refractivity contribution in [2.75, 3.05) is 13.2 Å². The summed E-state index contributed by atoms with van der Waals surface area (Å²) in [5, 5.41) is 2.08. The fourth-order valence-corrected chi connectivity index (χ4v) is 1.25. The fourth-order valence-electron chi connectivity index (χ4n) is 1.25. The van der Waals surface area contributed by atoms with Gasteiger partial charge in [-0.25, -0.2) is 4.79 Å². The van der Waals surface area contributed by atoms with Crippen molar-refractivity contribution >= 4 is 23.9 Å². The summed E-state index contributed by atoms with van der Waals surface area (Å²) in [5.41, 5.74) is 6.57. The molecule has 0 saturated heterocycles. The van der Waals surface area contributed by atoms with Crippen LogP contribution >= 0.6 is 0 Å². The number of nitrogens with one attached hydrogen (secondary N) is 2. The van der Waals surface area contributed by atoms with Crippen LogP contribution in [0.5, 0.6) is 0 Å². The average molecular weight is 309 g/mol. The van der Waals surface area contributed by atoms with Gasteiger partial charge in [0.25, 0.3) is 0 Å². The Labute approximate surface area is 136 Å². The zero-order chi connectivity index (χ0) is 23.8. The summed E-state index contributed by atoms with van der Waals surface area (Å²) in [6.45, 7) is -10.4. The van der Waals surface area contributed by atoms with Crippen molar-refractivity contribution < 1.29 is 41.0 Å². The van der Waals surface area contributed by atoms with Gasteiger partial charge in [-0.1, -0.05) is 0 Å². The standard InChI is InChI=1S/C13H21N3O5/c1-4-20-8-12(18)16-11(13(19)21-9(2)3)6-5-10(17)7-15-14/h7,9,11,14H,4-6,8H2,1-3H3/p+1/t11-/m0/s1/i1D3,2D3,3D3. The minimum atomic E-state index is -3.19. The molecule has 0 saturated carbocycles. The molecule has 0 aliphatic rings. The van der Waals surface area contributed by atoms with Gasteiger partial charge in [0.2, 0.25) is 11.7 Å². The fraction of sp³-hybridized carbons (Fsp3) is 0.692. The Hall–Kier alpha value is -2.05. The van der Waals surface area contributed by atoms with Gasteiger partial charge >= 0.3 is 12.2 Å². The maximum atomic E-state index is 12.3. The molecule has 118 valence electrons. The van der Waals surface area contributed by atoms with Gasteiger partial charge in [0.15, 0.2) is 0 Å². The lowest BCUT2D eigenvalue weighted by Gasteiger charge is -2.18. The smallest absolute Gasteiger partial charge is 0.372 e. The Bertz CT molecular complexity index is 655. The van der Waals surface area contributed by atoms with Crippen LogP contribution in [0.4, 0.5) is 0 Å². The molecule has 0 rings (SSSR count). The first kappa shape index (κ1) is 8.41. The van der Waals surface area contributed by atoms with Gasteiger partial charge in [-0.2, -0.15) is 0 Å². The van der Waals surface area contributed by atoms with Crippen LogP contribution < -0.4 is 5.32 Å². The van der Waals surface area contributed by atoms with Gasteiger partial charge in [0.05, 0.1) is 16.4 Å². The molecule has 8 nitrogen and oxygen atoms in total. The predicted molar refractivity (Wildman–Crippen MR) is 72.9 cm³/mol. The molecule has 0 aromatic rings. The largest absolute Gasteiger partial charge is 0.461 e. The van der Waals surface area contributed by atoms with E-state index < -0.39 is 76.4 Å². The van der Waals surface area contributed by atoms with E-state index >= 15 is 0 Å². The summed E-state index contributed by atoms with van der Waals surface area (Å²) in [7, 11) is 0. The molecule has 0 bridgehead atoms. The molecular weight excluding hydrogens is 278 g/mol. The van der Waals surface area contributed by atoms with Gasteiger partial charge < -0.3 is 14.8 Å². The van der Waals surface area contributed by atoms with E-state index in [4.69, 9.17) is 17.9 Å². The van der Waals surface area contributed by atoms with E-state index in [1.54, 1.807) is 0 Å². The van der Waals surface area contributed by atoms with E-state index in [9.17, 15) is 14.4 Å². The second-order valence-corrected chi connectivity index (χ2v) is 3.69. The van der Waals surface area contributed by atoms with Crippen molar-refractivity contribution in [1.29, 1.82) is 5.53 Å². The van der Waals surface area contributed by atoms with E-state index in [1.165, 1.54) is 0 Å². The summed E-state index contributed by atoms with van der Waals surface area (Å²) in [5.74, 6) is -3.10. The van der Waals surface area contributed by atoms with Gasteiger partial charge in [-0.15, -0.1) is 0 Å². The number of carbonyl (C=O) groups is 3. The average Bonchev–Trinajstić information content (AvgIpc) is 2.53. The Morgan fingerprint density at radius 3 is 2.81 bits per heavy atom. The van der Waals surface area contributed by atoms with Crippen LogP contribution in [0.3, 0.4) is 0 Å². The van der Waals surface area contributed by atoms with Crippen molar-refractivity contribution in [2.24, 2.45) is 0 Å². The molecule has 0 aliphatic heterocycles. The van der Waals surface area contributed by atoms with E-state index in [2.05, 4.69) is 19.6 Å². The number of carbonyl (C=O) groups excluding carboxylic acids is 3. The van der Waals surface area contributed by atoms with Crippen LogP contribution in [0.2, 0.25) is 0 Å². The van der Waals surface area contributed by atoms with Crippen molar-refractivity contribution in [3.63, 3.8) is 0 Å². The lowest BCUT2D eigenvalue weighted by atomic mass is 10.1. The van der Waals surface area contributed by atoms with Crippen LogP contribution in [-0.4, -0.2) is 54.0 Å². The molecule has 0 spiro atoms. The second-order valence-electron chi connectivity index (χ2n) is 3.69. The Balaban J connectivity index is 5.30. The lowest BCUT2D eigenvalue weighted by Crippen LogP contribution is -2.44. The third-order valence-electron chi connectivity index (χ3n) is 2.08. The van der Waals surface area contributed by atoms with Crippen LogP contribution in [-0.2, 0) is 23.9 Å². The first-order valence-electron chi connectivity index (χ1n) is 10.3. The number of hydrogen-bond acceptors (Lipinski definition) is 6. The van der Waals surface area contributed by atoms with Crippen molar-refractivity contribution in [3.05, 3.63) is 0 Å². The summed E-state index contributed by atoms with van der Waals surface area (Å²) in [6, 6.07) is -1.64. The van der Waals surface area contributed by atoms with Crippen LogP contribution in [0.25, 0.3) is 0 Å². The molecule has 1 atom stereocenters. The van der Waals surface area contributed by atoms with E-state index in [0.717, 1.165) is 0 Å². The zero-order valence-electron chi connectivity index (χ0n) is 20.0. The number of hydrogen-bond donors (Lipinski definition) is 2. The number of ether oxygens (including phenoxy) is 2. The molecule has 21 heavy (non-hydrogen) atoms. The number of esters is 1. The normalized spacial score (nSPS) is 19.6. The third-order valence-corrected chi connectivity index (χ3v) is 2.08. The van der Waals surface area contributed by atoms with Crippen LogP contribution in [0.1, 0.15) is 45.7 Å². The number of ketones is 1. The minimum absolute atomic E-state index is 0.412. The molecule has 0 aromatic carbocycles. The van der Waals surface area contributed by atoms with Crippen LogP contribution in [0.15, 0.2) is 0 Å². The molecule has 0 unspecified atom stereocenters. The van der Waals surface area contributed by atoms with Crippen molar-refractivity contribution in [1.82, 2.24) is 5.32 Å². The molecular formula is C13H22N3O5+. The molecule has 0 aromatic heterocycles. The second kappa shape index (κ2) is 10.7. The van der Waals surface area contributed by atoms with Gasteiger partial charge in [-0.05, 0) is 27.0 Å². The number of rotatable bonds is 10. The molecule has 0 fully saturated rings. The Morgan fingerprint density at radius 1 is 1.43 bits per heavy atom. The third kappa shape index (κ3) is 9.48. The lowest BCUT2D eigenvalue weighted by molar-refractivity contribution is -0.152. The predicted octanol–water partition coefficient (Wildman–Crippen LogP) is 0.119. The van der Waals surface area contributed by atoms with E-state index in [1.807, 2.05) is 0 Å². The quantitative estimate of drug-likeness (QED) is 0.257. The molecule has 0 heterocycles. The van der Waals surface area contributed by atoms with E-state index in [-0.39, 0.29) is 0 Å². The molecule has 0 radical (unpaired) electrons. The number of amides is 1. The molecule has 8 heteroatoms. The summed E-state index contributed by atoms with van der Waals surface area (Å²) < 4.78 is 73.6. The summed E-state index contributed by atoms with van der Waals surface area (Å²) in [4.78, 5) is 38.5. The highest BCUT2D eigenvalue weighted by molar-refractivity contribution is 6.25. The SMILES string of the molecule is [2H]C([2H])([2H])COCC(=O)N[C@@H](CCC(=O)C=[N+]=N)C(=O)OC(C([2H])([2H])[2H])C([2H])([2H])[2H]. The van der Waals surface area contributed by atoms with Crippen LogP contribution in [0, 0.1) is 5.53 Å². The van der Waals surface area contributed by atoms with Gasteiger partial charge in [-0.3, -0.25) is 9.59 Å². The highest BCUT2D eigenvalue weighted by atomic mass is 16.5. The number of nitrogens with zero attached hydrogens (tertiary/aromatic N) is 1. The molecule has 2 N–H and O–H groups in total. The molecule has 1 amide bonds. The monoisotopic (exact) mass is 309 g/mol. The van der Waals surface area contributed by atoms with Gasteiger partial charge in [0.1, 0.15) is 12.6 Å². The highest BCUT2D eigenvalue weighted by Gasteiger charge is 2.24. The maximum Gasteiger partial charge on any atom is 0.372 e. The highest BCUT2D eigenvalue weighted by Crippen LogP contribution is 2.03. The van der Waals surface area contributed by atoms with Crippen molar-refractivity contribution in [3.8, 4) is 0 Å². The molecule has 0 aliphatic carbocycles. The Morgan fingerprint density at radius 2 is 2.19 bits per heavy atom. The summed E-state index contributed by atoms with van der Waals surface area (Å²) >= 11 is 0. The maximum absolute atomic E-state index is 12.3. The summed E-state index contributed by atoms with van der Waals surface area (Å²) in [6.07, 6.45) is -2.68. The first-order valence-corrected chi connectivity index (χ1v) is 5.77. The number of Topliss-reactive ketones (excluding diaryl/α,β-unsaturated/α-hetero) is 1. The van der Waals surface area contributed by atoms with Gasteiger partial charge in [0, 0.05) is 25.4 Å². The first-order chi connectivity index (χ1) is 13.5.